The Kier molecular flexibility index (Phi) is 6.31. The summed E-state index contributed by atoms with van der Waals surface area (Å²) < 4.78 is 7.26. The molecule has 0 spiro atoms. The van der Waals surface area contributed by atoms with E-state index in [4.69, 9.17) is 4.98 Å². The largest absolute Gasteiger partial charge is 0.309 e. The van der Waals surface area contributed by atoms with Gasteiger partial charge in [0.25, 0.3) is 0 Å². The summed E-state index contributed by atoms with van der Waals surface area (Å²) in [6, 6.07) is 70.3. The number of benzene rings is 8. The highest BCUT2D eigenvalue weighted by molar-refractivity contribution is 6.17. The monoisotopic (exact) mass is 700 g/mol. The molecule has 4 heteroatoms. The van der Waals surface area contributed by atoms with Gasteiger partial charge in [-0.25, -0.2) is 4.98 Å². The van der Waals surface area contributed by atoms with Crippen LogP contribution in [-0.4, -0.2) is 18.7 Å². The molecule has 0 saturated carbocycles. The Morgan fingerprint density at radius 1 is 0.364 bits per heavy atom. The second-order valence-corrected chi connectivity index (χ2v) is 14.4. The molecule has 12 rings (SSSR count). The lowest BCUT2D eigenvalue weighted by atomic mass is 9.93. The maximum Gasteiger partial charge on any atom is 0.145 e. The molecule has 0 radical (unpaired) electrons. The van der Waals surface area contributed by atoms with Gasteiger partial charge in [-0.15, -0.1) is 0 Å². The highest BCUT2D eigenvalue weighted by Gasteiger charge is 2.27. The van der Waals surface area contributed by atoms with Gasteiger partial charge in [0.2, 0.25) is 0 Å². The number of hydrogen-bond donors (Lipinski definition) is 0. The fourth-order valence-corrected chi connectivity index (χ4v) is 9.02. The third kappa shape index (κ3) is 4.37. The molecular weight excluding hydrogens is 669 g/mol. The van der Waals surface area contributed by atoms with Crippen LogP contribution in [0, 0.1) is 0 Å². The minimum Gasteiger partial charge on any atom is -0.309 e. The Morgan fingerprint density at radius 3 is 1.82 bits per heavy atom. The summed E-state index contributed by atoms with van der Waals surface area (Å²) in [5, 5.41) is 3.66. The summed E-state index contributed by atoms with van der Waals surface area (Å²) in [5.74, 6) is 0.931. The van der Waals surface area contributed by atoms with E-state index in [0.29, 0.717) is 0 Å². The highest BCUT2D eigenvalue weighted by Crippen LogP contribution is 2.49. The van der Waals surface area contributed by atoms with E-state index in [1.165, 1.54) is 71.9 Å². The molecule has 1 aliphatic heterocycles. The van der Waals surface area contributed by atoms with E-state index in [-0.39, 0.29) is 0 Å². The van der Waals surface area contributed by atoms with Gasteiger partial charge in [-0.2, -0.15) is 0 Å². The van der Waals surface area contributed by atoms with E-state index in [1.54, 1.807) is 0 Å². The first-order valence-corrected chi connectivity index (χ1v) is 18.8. The van der Waals surface area contributed by atoms with Gasteiger partial charge in [-0.3, -0.25) is 4.57 Å². The first-order chi connectivity index (χ1) is 27.3. The minimum absolute atomic E-state index is 0.931. The second-order valence-electron chi connectivity index (χ2n) is 14.4. The predicted octanol–water partition coefficient (Wildman–Crippen LogP) is 13.0. The Bertz CT molecular complexity index is 3310. The molecule has 256 valence electrons. The average molecular weight is 701 g/mol. The first-order valence-electron chi connectivity index (χ1n) is 18.8. The molecule has 3 aromatic heterocycles. The molecule has 0 N–H and O–H groups in total. The van der Waals surface area contributed by atoms with E-state index in [2.05, 4.69) is 208 Å². The van der Waals surface area contributed by atoms with Crippen LogP contribution in [0.3, 0.4) is 0 Å². The lowest BCUT2D eigenvalue weighted by molar-refractivity contribution is 1.10. The van der Waals surface area contributed by atoms with Crippen LogP contribution in [0.25, 0.3) is 106 Å². The van der Waals surface area contributed by atoms with Crippen molar-refractivity contribution in [2.24, 2.45) is 0 Å². The Balaban J connectivity index is 1.17. The lowest BCUT2D eigenvalue weighted by Gasteiger charge is -2.17. The molecule has 0 unspecified atom stereocenters. The highest BCUT2D eigenvalue weighted by atomic mass is 15.1. The number of para-hydroxylation sites is 4. The zero-order chi connectivity index (χ0) is 36.0. The summed E-state index contributed by atoms with van der Waals surface area (Å²) in [7, 11) is 0. The summed E-state index contributed by atoms with van der Waals surface area (Å²) in [6.45, 7) is 0. The van der Waals surface area contributed by atoms with Crippen molar-refractivity contribution < 1.29 is 0 Å². The van der Waals surface area contributed by atoms with Crippen molar-refractivity contribution in [3.63, 3.8) is 0 Å². The summed E-state index contributed by atoms with van der Waals surface area (Å²) in [6.07, 6.45) is 0. The molecule has 1 aliphatic rings. The molecule has 4 nitrogen and oxygen atoms in total. The number of rotatable bonds is 4. The third-order valence-electron chi connectivity index (χ3n) is 11.4. The molecule has 0 atom stereocenters. The molecule has 0 fully saturated rings. The quantitative estimate of drug-likeness (QED) is 0.180. The summed E-state index contributed by atoms with van der Waals surface area (Å²) in [5.41, 5.74) is 17.3. The molecule has 0 aliphatic carbocycles. The standard InChI is InChI=1S/C51H32N4/c1-3-15-33(16-4-1)49-29-35-19-7-12-24-45(35)53(49)36-27-28-47-41(30-36)38-20-8-9-21-39(38)42-31-37(32-43-40-22-10-13-25-46(40)55(47)50(42)43)54-48-26-14-11-23-44(48)52-51(54)34-17-5-2-6-18-34/h1-32H. The Labute approximate surface area is 317 Å². The number of nitrogens with zero attached hydrogens (tertiary/aromatic N) is 4. The maximum absolute atomic E-state index is 5.21. The van der Waals surface area contributed by atoms with E-state index in [0.717, 1.165) is 33.8 Å². The number of hydrogen-bond acceptors (Lipinski definition) is 1. The molecule has 11 aromatic rings. The Hall–Kier alpha value is -7.43. The molecule has 0 bridgehead atoms. The van der Waals surface area contributed by atoms with Gasteiger partial charge in [-0.05, 0) is 77.4 Å². The third-order valence-corrected chi connectivity index (χ3v) is 11.4. The van der Waals surface area contributed by atoms with E-state index >= 15 is 0 Å². The first kappa shape index (κ1) is 30.1. The van der Waals surface area contributed by atoms with Crippen LogP contribution >= 0.6 is 0 Å². The normalized spacial score (nSPS) is 12.0. The summed E-state index contributed by atoms with van der Waals surface area (Å²) in [4.78, 5) is 5.21. The smallest absolute Gasteiger partial charge is 0.145 e. The SMILES string of the molecule is c1ccc(-c2cc3ccccc3n2-c2ccc3c(c2)-c2ccccc2-c2cc(-n4c(-c5ccccc5)nc5ccccc54)cc4c5ccccc5n-3c24)cc1. The lowest BCUT2D eigenvalue weighted by Crippen LogP contribution is -2.01. The van der Waals surface area contributed by atoms with Crippen molar-refractivity contribution in [3.8, 4) is 62.0 Å². The van der Waals surface area contributed by atoms with Crippen molar-refractivity contribution in [2.75, 3.05) is 0 Å². The number of imidazole rings is 1. The van der Waals surface area contributed by atoms with Crippen LogP contribution in [0.15, 0.2) is 194 Å². The van der Waals surface area contributed by atoms with Gasteiger partial charge < -0.3 is 9.13 Å². The molecule has 0 amide bonds. The van der Waals surface area contributed by atoms with Crippen LogP contribution in [-0.2, 0) is 0 Å². The van der Waals surface area contributed by atoms with Gasteiger partial charge in [0.15, 0.2) is 0 Å². The van der Waals surface area contributed by atoms with Crippen molar-refractivity contribution in [3.05, 3.63) is 194 Å². The van der Waals surface area contributed by atoms with E-state index in [1.807, 2.05) is 0 Å². The van der Waals surface area contributed by atoms with Crippen LogP contribution in [0.5, 0.6) is 0 Å². The topological polar surface area (TPSA) is 27.7 Å². The van der Waals surface area contributed by atoms with E-state index < -0.39 is 0 Å². The van der Waals surface area contributed by atoms with E-state index in [9.17, 15) is 0 Å². The van der Waals surface area contributed by atoms with Crippen molar-refractivity contribution in [2.45, 2.75) is 0 Å². The fraction of sp³-hybridized carbons (Fsp3) is 0. The number of aromatic nitrogens is 4. The maximum atomic E-state index is 5.21. The van der Waals surface area contributed by atoms with Crippen LogP contribution in [0.1, 0.15) is 0 Å². The van der Waals surface area contributed by atoms with Crippen molar-refractivity contribution in [1.82, 2.24) is 18.7 Å². The predicted molar refractivity (Wildman–Crippen MR) is 228 cm³/mol. The zero-order valence-corrected chi connectivity index (χ0v) is 29.8. The molecule has 4 heterocycles. The second kappa shape index (κ2) is 11.5. The van der Waals surface area contributed by atoms with Gasteiger partial charge in [0, 0.05) is 44.2 Å². The fourth-order valence-electron chi connectivity index (χ4n) is 9.02. The molecule has 0 saturated heterocycles. The van der Waals surface area contributed by atoms with Crippen LogP contribution < -0.4 is 0 Å². The zero-order valence-electron chi connectivity index (χ0n) is 29.8. The van der Waals surface area contributed by atoms with Crippen LogP contribution in [0.4, 0.5) is 0 Å². The van der Waals surface area contributed by atoms with Crippen molar-refractivity contribution in [1.29, 1.82) is 0 Å². The van der Waals surface area contributed by atoms with Gasteiger partial charge in [-0.1, -0.05) is 133 Å². The van der Waals surface area contributed by atoms with Crippen molar-refractivity contribution >= 4 is 43.7 Å². The molecule has 8 aromatic carbocycles. The molecule has 55 heavy (non-hydrogen) atoms. The Morgan fingerprint density at radius 2 is 1.00 bits per heavy atom. The van der Waals surface area contributed by atoms with Crippen LogP contribution in [0.2, 0.25) is 0 Å². The number of fused-ring (bicyclic) bond motifs is 10. The molecular formula is C51H32N4. The minimum atomic E-state index is 0.931. The van der Waals surface area contributed by atoms with Gasteiger partial charge in [0.1, 0.15) is 5.82 Å². The van der Waals surface area contributed by atoms with Gasteiger partial charge >= 0.3 is 0 Å². The van der Waals surface area contributed by atoms with Gasteiger partial charge in [0.05, 0.1) is 39.0 Å². The average Bonchev–Trinajstić information content (AvgIpc) is 3.92. The summed E-state index contributed by atoms with van der Waals surface area (Å²) >= 11 is 0.